The molecular weight excluding hydrogens is 339 g/mol. The Balaban J connectivity index is 0.00000242. The maximum atomic E-state index is 12.4. The van der Waals surface area contributed by atoms with Crippen molar-refractivity contribution in [1.82, 2.24) is 20.1 Å². The van der Waals surface area contributed by atoms with E-state index in [4.69, 9.17) is 0 Å². The number of nitrogens with zero attached hydrogens (tertiary/aromatic N) is 3. The Morgan fingerprint density at radius 1 is 1.22 bits per heavy atom. The number of likely N-dealkylation sites (N-methyl/N-ethyl adjacent to an activating group) is 1. The molecule has 2 rings (SSSR count). The van der Waals surface area contributed by atoms with E-state index in [1.807, 2.05) is 19.9 Å². The van der Waals surface area contributed by atoms with Crippen molar-refractivity contribution in [1.29, 1.82) is 0 Å². The fourth-order valence-corrected chi connectivity index (χ4v) is 2.41. The molecule has 1 fully saturated rings. The molecule has 0 spiro atoms. The second kappa shape index (κ2) is 9.70. The van der Waals surface area contributed by atoms with Gasteiger partial charge in [0, 0.05) is 38.9 Å². The molecule has 0 atom stereocenters. The average molecular weight is 363 g/mol. The number of rotatable bonds is 3. The normalized spacial score (nSPS) is 13.6. The predicted molar refractivity (Wildman–Crippen MR) is 94.6 cm³/mol. The van der Waals surface area contributed by atoms with Crippen LogP contribution in [0.3, 0.4) is 0 Å². The van der Waals surface area contributed by atoms with Crippen molar-refractivity contribution in [3.63, 3.8) is 0 Å². The molecule has 130 valence electrons. The van der Waals surface area contributed by atoms with E-state index >= 15 is 0 Å². The van der Waals surface area contributed by atoms with Gasteiger partial charge in [-0.05, 0) is 26.0 Å². The molecule has 23 heavy (non-hydrogen) atoms. The van der Waals surface area contributed by atoms with Crippen LogP contribution < -0.4 is 5.32 Å². The molecule has 0 bridgehead atoms. The number of carbonyl (C=O) groups is 2. The second-order valence-corrected chi connectivity index (χ2v) is 5.38. The van der Waals surface area contributed by atoms with Crippen molar-refractivity contribution in [3.8, 4) is 0 Å². The molecule has 0 aliphatic carbocycles. The molecule has 1 aliphatic rings. The summed E-state index contributed by atoms with van der Waals surface area (Å²) in [5.74, 6) is -0.173. The monoisotopic (exact) mass is 362 g/mol. The highest BCUT2D eigenvalue weighted by molar-refractivity contribution is 5.97. The van der Waals surface area contributed by atoms with Gasteiger partial charge in [0.25, 0.3) is 5.91 Å². The number of amides is 2. The first-order chi connectivity index (χ1) is 9.99. The van der Waals surface area contributed by atoms with Crippen molar-refractivity contribution in [3.05, 3.63) is 29.1 Å². The molecule has 8 heteroatoms. The van der Waals surface area contributed by atoms with E-state index in [1.165, 1.54) is 4.90 Å². The van der Waals surface area contributed by atoms with Gasteiger partial charge in [-0.25, -0.2) is 0 Å². The van der Waals surface area contributed by atoms with E-state index in [2.05, 4.69) is 10.3 Å². The summed E-state index contributed by atoms with van der Waals surface area (Å²) >= 11 is 0. The summed E-state index contributed by atoms with van der Waals surface area (Å²) in [6, 6.07) is 3.58. The molecule has 1 aromatic heterocycles. The predicted octanol–water partition coefficient (Wildman–Crippen LogP) is 1.05. The zero-order chi connectivity index (χ0) is 15.4. The van der Waals surface area contributed by atoms with Gasteiger partial charge in [0.15, 0.2) is 0 Å². The number of aromatic nitrogens is 1. The molecule has 0 aromatic carbocycles. The first-order valence-corrected chi connectivity index (χ1v) is 7.17. The van der Waals surface area contributed by atoms with Gasteiger partial charge in [0.05, 0.1) is 17.8 Å². The van der Waals surface area contributed by atoms with Crippen molar-refractivity contribution < 1.29 is 9.59 Å². The van der Waals surface area contributed by atoms with Crippen LogP contribution in [0.5, 0.6) is 0 Å². The highest BCUT2D eigenvalue weighted by atomic mass is 35.5. The highest BCUT2D eigenvalue weighted by Gasteiger charge is 2.21. The maximum Gasteiger partial charge on any atom is 0.255 e. The maximum absolute atomic E-state index is 12.4. The Labute approximate surface area is 149 Å². The minimum absolute atomic E-state index is 0. The van der Waals surface area contributed by atoms with Gasteiger partial charge in [-0.1, -0.05) is 0 Å². The van der Waals surface area contributed by atoms with Crippen LogP contribution in [0.15, 0.2) is 12.1 Å². The second-order valence-electron chi connectivity index (χ2n) is 5.38. The summed E-state index contributed by atoms with van der Waals surface area (Å²) in [7, 11) is 1.65. The number of nitrogens with one attached hydrogen (secondary N) is 1. The van der Waals surface area contributed by atoms with Crippen LogP contribution in [0, 0.1) is 13.8 Å². The summed E-state index contributed by atoms with van der Waals surface area (Å²) in [4.78, 5) is 32.1. The topological polar surface area (TPSA) is 65.5 Å². The molecule has 0 saturated carbocycles. The number of pyridine rings is 1. The minimum Gasteiger partial charge on any atom is -0.339 e. The Kier molecular flexibility index (Phi) is 9.12. The molecule has 2 amide bonds. The number of halogens is 2. The van der Waals surface area contributed by atoms with E-state index in [-0.39, 0.29) is 43.2 Å². The van der Waals surface area contributed by atoms with Crippen LogP contribution in [0.25, 0.3) is 0 Å². The highest BCUT2D eigenvalue weighted by Crippen LogP contribution is 2.09. The van der Waals surface area contributed by atoms with Gasteiger partial charge < -0.3 is 15.1 Å². The lowest BCUT2D eigenvalue weighted by atomic mass is 10.1. The molecule has 1 saturated heterocycles. The third kappa shape index (κ3) is 5.64. The molecule has 6 nitrogen and oxygen atoms in total. The Morgan fingerprint density at radius 3 is 2.39 bits per heavy atom. The fourth-order valence-electron chi connectivity index (χ4n) is 2.41. The fraction of sp³-hybridized carbons (Fsp3) is 0.533. The van der Waals surface area contributed by atoms with Gasteiger partial charge in [-0.2, -0.15) is 0 Å². The smallest absolute Gasteiger partial charge is 0.255 e. The molecular formula is C15H24Cl2N4O2. The van der Waals surface area contributed by atoms with Crippen LogP contribution >= 0.6 is 24.8 Å². The minimum atomic E-state index is -0.163. The molecule has 1 N–H and O–H groups in total. The third-order valence-electron chi connectivity index (χ3n) is 3.64. The van der Waals surface area contributed by atoms with E-state index < -0.39 is 0 Å². The van der Waals surface area contributed by atoms with Crippen molar-refractivity contribution >= 4 is 36.6 Å². The van der Waals surface area contributed by atoms with E-state index in [1.54, 1.807) is 18.0 Å². The van der Waals surface area contributed by atoms with Crippen molar-refractivity contribution in [2.75, 3.05) is 39.8 Å². The number of hydrogen-bond acceptors (Lipinski definition) is 4. The Morgan fingerprint density at radius 2 is 1.83 bits per heavy atom. The van der Waals surface area contributed by atoms with E-state index in [9.17, 15) is 9.59 Å². The number of carbonyl (C=O) groups excluding carboxylic acids is 2. The lowest BCUT2D eigenvalue weighted by molar-refractivity contribution is -0.132. The van der Waals surface area contributed by atoms with E-state index in [0.29, 0.717) is 24.3 Å². The standard InChI is InChI=1S/C15H22N4O2.2ClH/c1-11-4-5-13(12(2)17-11)15(21)18(3)10-14(20)19-8-6-16-7-9-19;;/h4-5,16H,6-10H2,1-3H3;2*1H. The molecule has 0 unspecified atom stereocenters. The zero-order valence-corrected chi connectivity index (χ0v) is 15.3. The zero-order valence-electron chi connectivity index (χ0n) is 13.7. The molecule has 0 radical (unpaired) electrons. The van der Waals surface area contributed by atoms with Crippen LogP contribution in [-0.2, 0) is 4.79 Å². The average Bonchev–Trinajstić information content (AvgIpc) is 2.47. The molecule has 1 aliphatic heterocycles. The number of hydrogen-bond donors (Lipinski definition) is 1. The SMILES string of the molecule is Cc1ccc(C(=O)N(C)CC(=O)N2CCNCC2)c(C)n1.Cl.Cl. The van der Waals surface area contributed by atoms with Crippen LogP contribution in [0.4, 0.5) is 0 Å². The van der Waals surface area contributed by atoms with Gasteiger partial charge in [0.1, 0.15) is 0 Å². The largest absolute Gasteiger partial charge is 0.339 e. The van der Waals surface area contributed by atoms with Crippen molar-refractivity contribution in [2.24, 2.45) is 0 Å². The first kappa shape index (κ1) is 21.6. The third-order valence-corrected chi connectivity index (χ3v) is 3.64. The summed E-state index contributed by atoms with van der Waals surface area (Å²) in [6.45, 7) is 6.82. The lowest BCUT2D eigenvalue weighted by Gasteiger charge is -2.29. The summed E-state index contributed by atoms with van der Waals surface area (Å²) < 4.78 is 0. The molecule has 2 heterocycles. The lowest BCUT2D eigenvalue weighted by Crippen LogP contribution is -2.49. The Bertz CT molecular complexity index is 548. The van der Waals surface area contributed by atoms with Crippen LogP contribution in [0.1, 0.15) is 21.7 Å². The summed E-state index contributed by atoms with van der Waals surface area (Å²) in [5, 5.41) is 3.20. The quantitative estimate of drug-likeness (QED) is 0.872. The van der Waals surface area contributed by atoms with Gasteiger partial charge in [-0.15, -0.1) is 24.8 Å². The number of aryl methyl sites for hydroxylation is 2. The first-order valence-electron chi connectivity index (χ1n) is 7.17. The Hall–Kier alpha value is -1.37. The van der Waals surface area contributed by atoms with Gasteiger partial charge in [-0.3, -0.25) is 14.6 Å². The summed E-state index contributed by atoms with van der Waals surface area (Å²) in [6.07, 6.45) is 0. The van der Waals surface area contributed by atoms with Crippen LogP contribution in [-0.4, -0.2) is 66.4 Å². The summed E-state index contributed by atoms with van der Waals surface area (Å²) in [5.41, 5.74) is 2.13. The van der Waals surface area contributed by atoms with Gasteiger partial charge >= 0.3 is 0 Å². The molecule has 1 aromatic rings. The van der Waals surface area contributed by atoms with Crippen molar-refractivity contribution in [2.45, 2.75) is 13.8 Å². The van der Waals surface area contributed by atoms with E-state index in [0.717, 1.165) is 18.8 Å². The van der Waals surface area contributed by atoms with Crippen LogP contribution in [0.2, 0.25) is 0 Å². The number of piperazine rings is 1. The van der Waals surface area contributed by atoms with Gasteiger partial charge in [0.2, 0.25) is 5.91 Å².